The van der Waals surface area contributed by atoms with Gasteiger partial charge in [-0.05, 0) is 101 Å². The van der Waals surface area contributed by atoms with Crippen LogP contribution in [-0.2, 0) is 47.7 Å². The number of phenols is 2. The van der Waals surface area contributed by atoms with E-state index in [0.717, 1.165) is 44.3 Å². The fourth-order valence-corrected chi connectivity index (χ4v) is 11.6. The molecule has 10 atom stereocenters. The molecule has 2 aromatic carbocycles. The average molecular weight is 865 g/mol. The van der Waals surface area contributed by atoms with Gasteiger partial charge in [0.25, 0.3) is 10.2 Å². The number of rotatable bonds is 12. The van der Waals surface area contributed by atoms with Gasteiger partial charge in [0, 0.05) is 58.7 Å². The number of carboxylic acids is 1. The number of ether oxygens (including phenoxy) is 3. The van der Waals surface area contributed by atoms with Gasteiger partial charge in [0.05, 0.1) is 13.2 Å². The molecule has 2 spiro atoms. The molecule has 4 N–H and O–H groups in total. The number of aromatic hydroxyl groups is 2. The number of hydrogen-bond donors (Lipinski definition) is 4. The first-order chi connectivity index (χ1) is 29.7. The van der Waals surface area contributed by atoms with Crippen molar-refractivity contribution >= 4 is 11.9 Å². The van der Waals surface area contributed by atoms with E-state index in [4.69, 9.17) is 19.3 Å². The summed E-state index contributed by atoms with van der Waals surface area (Å²) in [6, 6.07) is 8.26. The zero-order valence-electron chi connectivity index (χ0n) is 34.5. The number of piperidine rings is 2. The van der Waals surface area contributed by atoms with Crippen molar-refractivity contribution in [2.75, 3.05) is 40.4 Å². The van der Waals surface area contributed by atoms with Gasteiger partial charge >= 0.3 is 11.9 Å². The van der Waals surface area contributed by atoms with E-state index in [-0.39, 0.29) is 78.9 Å². The molecule has 8 aliphatic rings. The zero-order valence-corrected chi connectivity index (χ0v) is 34.5. The summed E-state index contributed by atoms with van der Waals surface area (Å²) in [4.78, 5) is 54.9. The molecule has 62 heavy (non-hydrogen) atoms. The number of carbonyl (C=O) groups excluding carboxylic acids is 1. The number of benzene rings is 2. The van der Waals surface area contributed by atoms with Crippen LogP contribution in [0.25, 0.3) is 0 Å². The quantitative estimate of drug-likeness (QED) is 0.0784. The van der Waals surface area contributed by atoms with Crippen LogP contribution in [0.5, 0.6) is 23.0 Å². The fourth-order valence-electron chi connectivity index (χ4n) is 11.6. The molecule has 4 bridgehead atoms. The van der Waals surface area contributed by atoms with Gasteiger partial charge in [-0.25, -0.2) is 0 Å². The number of carboxylic acid groups (broad SMARTS) is 1. The molecule has 19 heteroatoms. The molecule has 4 aliphatic heterocycles. The number of carbonyl (C=O) groups is 2. The number of aliphatic carboxylic acids is 1. The van der Waals surface area contributed by atoms with E-state index in [1.54, 1.807) is 12.1 Å². The highest BCUT2D eigenvalue weighted by Crippen LogP contribution is 2.64. The van der Waals surface area contributed by atoms with Crippen molar-refractivity contribution in [3.05, 3.63) is 91.1 Å². The molecule has 334 valence electrons. The lowest BCUT2D eigenvalue weighted by atomic mass is 9.53. The van der Waals surface area contributed by atoms with Crippen molar-refractivity contribution in [3.8, 4) is 23.0 Å². The van der Waals surface area contributed by atoms with Gasteiger partial charge in [0.2, 0.25) is 0 Å². The highest BCUT2D eigenvalue weighted by Gasteiger charge is 2.66. The van der Waals surface area contributed by atoms with E-state index in [1.165, 1.54) is 16.7 Å². The van der Waals surface area contributed by atoms with E-state index in [0.29, 0.717) is 42.3 Å². The molecule has 2 fully saturated rings. The maximum Gasteiger partial charge on any atom is 0.306 e. The van der Waals surface area contributed by atoms with Crippen LogP contribution in [-0.4, -0.2) is 129 Å². The van der Waals surface area contributed by atoms with E-state index >= 15 is 0 Å². The van der Waals surface area contributed by atoms with Gasteiger partial charge in [-0.2, -0.15) is 0 Å². The number of esters is 1. The van der Waals surface area contributed by atoms with Crippen LogP contribution in [0.1, 0.15) is 67.2 Å². The van der Waals surface area contributed by atoms with Crippen molar-refractivity contribution < 1.29 is 64.1 Å². The maximum absolute atomic E-state index is 12.5. The number of unbranched alkanes of at least 4 members (excludes halogenated alkanes) is 1. The third-order valence-electron chi connectivity index (χ3n) is 14.3. The molecule has 5 unspecified atom stereocenters. The molecule has 0 saturated carbocycles. The smallest absolute Gasteiger partial charge is 0.306 e. The molecule has 4 aliphatic carbocycles. The van der Waals surface area contributed by atoms with Gasteiger partial charge in [-0.3, -0.25) is 9.59 Å². The summed E-state index contributed by atoms with van der Waals surface area (Å²) in [6.07, 6.45) is 11.2. The predicted octanol–water partition coefficient (Wildman–Crippen LogP) is 3.39. The summed E-state index contributed by atoms with van der Waals surface area (Å²) in [7, 11) is 4.34. The lowest BCUT2D eigenvalue weighted by Crippen LogP contribution is -2.65. The topological polar surface area (TPSA) is 254 Å². The zero-order chi connectivity index (χ0) is 44.1. The van der Waals surface area contributed by atoms with Crippen molar-refractivity contribution in [1.29, 1.82) is 0 Å². The van der Waals surface area contributed by atoms with Gasteiger partial charge in [0.1, 0.15) is 18.3 Å². The maximum atomic E-state index is 12.5. The SMILES string of the molecule is CN1CC[C@]23c4c5ccc(O)c4OC2[C@@H](OC(=O)CCCCO[N+](=O)[O-])C=CC3C1C5.CN1CC[C@]23c4c5ccc(O)c4O[C@H]2[C@@H](O)C=CC3C1C5.O=C(O)CCCO[N+](=O)[O-]. The first-order valence-corrected chi connectivity index (χ1v) is 21.1. The van der Waals surface area contributed by atoms with Gasteiger partial charge < -0.3 is 54.1 Å². The highest BCUT2D eigenvalue weighted by atomic mass is 17.0. The van der Waals surface area contributed by atoms with Crippen LogP contribution in [0.2, 0.25) is 0 Å². The van der Waals surface area contributed by atoms with E-state index in [9.17, 15) is 45.1 Å². The monoisotopic (exact) mass is 864 g/mol. The number of phenolic OH excluding ortho intramolecular Hbond substituents is 2. The predicted molar refractivity (Wildman–Crippen MR) is 216 cm³/mol. The minimum atomic E-state index is -0.980. The van der Waals surface area contributed by atoms with Crippen LogP contribution >= 0.6 is 0 Å². The number of likely N-dealkylation sites (tertiary alicyclic amines) is 2. The molecule has 0 radical (unpaired) electrons. The molecule has 19 nitrogen and oxygen atoms in total. The second-order valence-corrected chi connectivity index (χ2v) is 17.4. The lowest BCUT2D eigenvalue weighted by molar-refractivity contribution is -0.757. The lowest BCUT2D eigenvalue weighted by Gasteiger charge is -2.56. The fraction of sp³-hybridized carbons (Fsp3) is 0.581. The van der Waals surface area contributed by atoms with Crippen LogP contribution in [0, 0.1) is 32.1 Å². The summed E-state index contributed by atoms with van der Waals surface area (Å²) in [6.45, 7) is 1.74. The van der Waals surface area contributed by atoms with Crippen molar-refractivity contribution in [1.82, 2.24) is 9.80 Å². The molecule has 2 aromatic rings. The molecule has 10 rings (SSSR count). The first-order valence-electron chi connectivity index (χ1n) is 21.1. The van der Waals surface area contributed by atoms with Crippen molar-refractivity contribution in [2.24, 2.45) is 11.8 Å². The Morgan fingerprint density at radius 2 is 1.27 bits per heavy atom. The number of hydrogen-bond acceptors (Lipinski definition) is 16. The highest BCUT2D eigenvalue weighted by molar-refractivity contribution is 5.70. The van der Waals surface area contributed by atoms with Crippen LogP contribution in [0.3, 0.4) is 0 Å². The Bertz CT molecular complexity index is 2150. The summed E-state index contributed by atoms with van der Waals surface area (Å²) in [5.74, 6) is 0.754. The van der Waals surface area contributed by atoms with Gasteiger partial charge in [0.15, 0.2) is 29.1 Å². The minimum absolute atomic E-state index is 0.0353. The first kappa shape index (κ1) is 43.0. The largest absolute Gasteiger partial charge is 0.504 e. The third-order valence-corrected chi connectivity index (χ3v) is 14.3. The third kappa shape index (κ3) is 7.32. The molecular formula is C43H52N4O15. The van der Waals surface area contributed by atoms with Crippen LogP contribution in [0.15, 0.2) is 48.6 Å². The summed E-state index contributed by atoms with van der Waals surface area (Å²) < 4.78 is 18.2. The normalized spacial score (nSPS) is 31.9. The molecule has 0 aromatic heterocycles. The Morgan fingerprint density at radius 1 is 0.758 bits per heavy atom. The molecule has 2 saturated heterocycles. The van der Waals surface area contributed by atoms with Gasteiger partial charge in [-0.15, -0.1) is 20.2 Å². The summed E-state index contributed by atoms with van der Waals surface area (Å²) in [5.41, 5.74) is 4.28. The number of likely N-dealkylation sites (N-methyl/N-ethyl adjacent to an activating group) is 2. The second kappa shape index (κ2) is 16.9. The Labute approximate surface area is 356 Å². The minimum Gasteiger partial charge on any atom is -0.504 e. The molecule has 0 amide bonds. The average Bonchev–Trinajstić information content (AvgIpc) is 3.78. The number of aliphatic hydroxyl groups excluding tert-OH is 1. The standard InChI is InChI=1S/C22H26N2O7.C17H19NO3.C4H7NO5/c1-23-10-9-22-14-6-8-17(30-18(26)4-2-3-11-29-24(27)28)21(22)31-20-16(25)7-5-13(19(20)22)12-15(14)23;1-18-7-6-17-10-3-5-13(20)16(17)21-15-12(19)4-2-9(14(15)17)8-11(10)18;6-4(7)2-1-3-10-5(8)9/h5-8,14-15,17,21,25H,2-4,9-12H2,1H3;2-5,10-11,13,16,19-20H,6-8H2,1H3;1-3H2,(H,6,7)/t14?,15?,17-,21?,22-;10?,11?,13-,16-,17-;/m00./s1. The van der Waals surface area contributed by atoms with E-state index < -0.39 is 28.4 Å². The second-order valence-electron chi connectivity index (χ2n) is 17.4. The number of aliphatic hydroxyl groups is 1. The molecule has 4 heterocycles. The molecular weight excluding hydrogens is 812 g/mol. The van der Waals surface area contributed by atoms with E-state index in [1.807, 2.05) is 24.3 Å². The van der Waals surface area contributed by atoms with Gasteiger partial charge in [-0.1, -0.05) is 30.4 Å². The summed E-state index contributed by atoms with van der Waals surface area (Å²) >= 11 is 0. The van der Waals surface area contributed by atoms with Crippen molar-refractivity contribution in [2.45, 2.75) is 105 Å². The summed E-state index contributed by atoms with van der Waals surface area (Å²) in [5, 5.41) is 57.1. The van der Waals surface area contributed by atoms with E-state index in [2.05, 4.69) is 45.7 Å². The Kier molecular flexibility index (Phi) is 11.7. The van der Waals surface area contributed by atoms with Crippen molar-refractivity contribution in [3.63, 3.8) is 0 Å². The Morgan fingerprint density at radius 3 is 1.82 bits per heavy atom. The Hall–Kier alpha value is -5.66. The number of nitrogens with zero attached hydrogens (tertiary/aromatic N) is 4. The Balaban J connectivity index is 0.000000147. The van der Waals surface area contributed by atoms with Crippen LogP contribution in [0.4, 0.5) is 0 Å². The van der Waals surface area contributed by atoms with Crippen LogP contribution < -0.4 is 9.47 Å².